The summed E-state index contributed by atoms with van der Waals surface area (Å²) in [6, 6.07) is 14.3. The molecular formula is C15H20N4. The maximum atomic E-state index is 5.51. The molecule has 2 aromatic rings. The van der Waals surface area contributed by atoms with Gasteiger partial charge in [-0.1, -0.05) is 50.2 Å². The molecule has 0 aliphatic rings. The van der Waals surface area contributed by atoms with Gasteiger partial charge in [0.05, 0.1) is 0 Å². The predicted octanol–water partition coefficient (Wildman–Crippen LogP) is 2.73. The Hall–Kier alpha value is -2.07. The first-order valence-electron chi connectivity index (χ1n) is 6.46. The van der Waals surface area contributed by atoms with Gasteiger partial charge in [-0.25, -0.2) is 5.84 Å². The van der Waals surface area contributed by atoms with Gasteiger partial charge in [0.25, 0.3) is 0 Å². The first-order chi connectivity index (χ1) is 9.20. The van der Waals surface area contributed by atoms with Crippen LogP contribution in [-0.4, -0.2) is 12.5 Å². The average molecular weight is 256 g/mol. The van der Waals surface area contributed by atoms with Crippen molar-refractivity contribution < 1.29 is 0 Å². The fraction of sp³-hybridized carbons (Fsp3) is 0.267. The number of hydrazine groups is 1. The highest BCUT2D eigenvalue weighted by Gasteiger charge is 2.03. The molecule has 19 heavy (non-hydrogen) atoms. The van der Waals surface area contributed by atoms with Crippen LogP contribution in [0.5, 0.6) is 0 Å². The molecule has 4 nitrogen and oxygen atoms in total. The molecule has 0 heterocycles. The minimum atomic E-state index is 0.498. The quantitative estimate of drug-likeness (QED) is 0.342. The van der Waals surface area contributed by atoms with Crippen molar-refractivity contribution in [2.24, 2.45) is 16.8 Å². The molecule has 0 atom stereocenters. The van der Waals surface area contributed by atoms with Crippen molar-refractivity contribution in [3.63, 3.8) is 0 Å². The fourth-order valence-electron chi connectivity index (χ4n) is 1.86. The fourth-order valence-corrected chi connectivity index (χ4v) is 1.86. The van der Waals surface area contributed by atoms with Gasteiger partial charge in [-0.15, -0.1) is 0 Å². The Balaban J connectivity index is 2.27. The number of nitrogens with one attached hydrogen (secondary N) is 2. The van der Waals surface area contributed by atoms with Crippen molar-refractivity contribution in [3.05, 3.63) is 42.5 Å². The molecule has 2 rings (SSSR count). The molecule has 0 unspecified atom stereocenters. The number of rotatable bonds is 3. The molecule has 0 aliphatic carbocycles. The molecule has 0 saturated carbocycles. The largest absolute Gasteiger partial charge is 0.325 e. The second-order valence-corrected chi connectivity index (χ2v) is 4.88. The number of hydrogen-bond acceptors (Lipinski definition) is 2. The van der Waals surface area contributed by atoms with E-state index in [9.17, 15) is 0 Å². The van der Waals surface area contributed by atoms with Crippen molar-refractivity contribution in [1.29, 1.82) is 0 Å². The summed E-state index contributed by atoms with van der Waals surface area (Å²) >= 11 is 0. The van der Waals surface area contributed by atoms with Crippen molar-refractivity contribution in [3.8, 4) is 0 Å². The smallest absolute Gasteiger partial charge is 0.210 e. The zero-order chi connectivity index (χ0) is 13.7. The number of benzene rings is 2. The van der Waals surface area contributed by atoms with Crippen LogP contribution in [0, 0.1) is 5.92 Å². The highest BCUT2D eigenvalue weighted by atomic mass is 15.3. The second kappa shape index (κ2) is 6.20. The molecule has 2 aromatic carbocycles. The molecule has 0 amide bonds. The van der Waals surface area contributed by atoms with Crippen LogP contribution in [0.2, 0.25) is 0 Å². The number of nitrogens with two attached hydrogens (primary N) is 1. The molecule has 0 aliphatic heterocycles. The molecule has 0 spiro atoms. The third-order valence-corrected chi connectivity index (χ3v) is 2.79. The summed E-state index contributed by atoms with van der Waals surface area (Å²) in [4.78, 5) is 4.41. The predicted molar refractivity (Wildman–Crippen MR) is 82.0 cm³/mol. The lowest BCUT2D eigenvalue weighted by Gasteiger charge is -2.12. The van der Waals surface area contributed by atoms with Gasteiger partial charge in [-0.2, -0.15) is 0 Å². The minimum absolute atomic E-state index is 0.498. The normalized spacial score (nSPS) is 11.9. The molecule has 4 heteroatoms. The maximum Gasteiger partial charge on any atom is 0.210 e. The van der Waals surface area contributed by atoms with Crippen LogP contribution >= 0.6 is 0 Å². The summed E-state index contributed by atoms with van der Waals surface area (Å²) < 4.78 is 0. The lowest BCUT2D eigenvalue weighted by Crippen LogP contribution is -2.36. The average Bonchev–Trinajstić information content (AvgIpc) is 2.43. The van der Waals surface area contributed by atoms with Gasteiger partial charge in [0, 0.05) is 17.6 Å². The summed E-state index contributed by atoms with van der Waals surface area (Å²) in [6.07, 6.45) is 0. The maximum absolute atomic E-state index is 5.51. The van der Waals surface area contributed by atoms with Gasteiger partial charge in [-0.3, -0.25) is 10.4 Å². The third-order valence-electron chi connectivity index (χ3n) is 2.79. The standard InChI is InChI=1S/C15H20N4/c1-11(2)10-17-15(19-16)18-14-9-5-7-12-6-3-4-8-13(12)14/h3-9,11H,10,16H2,1-2H3,(H2,17,18,19). The zero-order valence-electron chi connectivity index (χ0n) is 11.4. The van der Waals surface area contributed by atoms with Crippen LogP contribution < -0.4 is 16.6 Å². The SMILES string of the molecule is CC(C)CN=C(NN)Nc1cccc2ccccc12. The van der Waals surface area contributed by atoms with Crippen LogP contribution in [0.4, 0.5) is 5.69 Å². The van der Waals surface area contributed by atoms with E-state index in [1.54, 1.807) is 0 Å². The molecular weight excluding hydrogens is 236 g/mol. The van der Waals surface area contributed by atoms with Crippen molar-refractivity contribution in [2.45, 2.75) is 13.8 Å². The zero-order valence-corrected chi connectivity index (χ0v) is 11.4. The van der Waals surface area contributed by atoms with Crippen molar-refractivity contribution >= 4 is 22.4 Å². The van der Waals surface area contributed by atoms with E-state index in [2.05, 4.69) is 47.8 Å². The van der Waals surface area contributed by atoms with E-state index in [4.69, 9.17) is 5.84 Å². The first kappa shape index (κ1) is 13.4. The summed E-state index contributed by atoms with van der Waals surface area (Å²) in [5.41, 5.74) is 3.61. The van der Waals surface area contributed by atoms with E-state index in [0.717, 1.165) is 17.6 Å². The van der Waals surface area contributed by atoms with E-state index in [1.165, 1.54) is 5.39 Å². The van der Waals surface area contributed by atoms with E-state index in [0.29, 0.717) is 11.9 Å². The first-order valence-corrected chi connectivity index (χ1v) is 6.46. The number of guanidine groups is 1. The minimum Gasteiger partial charge on any atom is -0.325 e. The van der Waals surface area contributed by atoms with Crippen LogP contribution in [-0.2, 0) is 0 Å². The van der Waals surface area contributed by atoms with Gasteiger partial charge < -0.3 is 5.32 Å². The highest BCUT2D eigenvalue weighted by Crippen LogP contribution is 2.22. The Kier molecular flexibility index (Phi) is 4.36. The van der Waals surface area contributed by atoms with Crippen LogP contribution in [0.3, 0.4) is 0 Å². The van der Waals surface area contributed by atoms with E-state index in [-0.39, 0.29) is 0 Å². The summed E-state index contributed by atoms with van der Waals surface area (Å²) in [5, 5.41) is 5.58. The Labute approximate surface area is 113 Å². The summed E-state index contributed by atoms with van der Waals surface area (Å²) in [6.45, 7) is 4.97. The van der Waals surface area contributed by atoms with Gasteiger partial charge in [0.2, 0.25) is 5.96 Å². The second-order valence-electron chi connectivity index (χ2n) is 4.88. The number of nitrogens with zero attached hydrogens (tertiary/aromatic N) is 1. The van der Waals surface area contributed by atoms with Gasteiger partial charge in [0.1, 0.15) is 0 Å². The van der Waals surface area contributed by atoms with Gasteiger partial charge in [-0.05, 0) is 17.4 Å². The highest BCUT2D eigenvalue weighted by molar-refractivity contribution is 6.03. The number of fused-ring (bicyclic) bond motifs is 1. The number of aliphatic imine (C=N–C) groups is 1. The molecule has 4 N–H and O–H groups in total. The monoisotopic (exact) mass is 256 g/mol. The lowest BCUT2D eigenvalue weighted by molar-refractivity contribution is 0.663. The number of hydrogen-bond donors (Lipinski definition) is 3. The van der Waals surface area contributed by atoms with Crippen LogP contribution in [0.25, 0.3) is 10.8 Å². The molecule has 0 saturated heterocycles. The van der Waals surface area contributed by atoms with Crippen molar-refractivity contribution in [2.75, 3.05) is 11.9 Å². The molecule has 0 aromatic heterocycles. The Morgan fingerprint density at radius 3 is 2.63 bits per heavy atom. The summed E-state index contributed by atoms with van der Waals surface area (Å²) in [7, 11) is 0. The Bertz CT molecular complexity index is 570. The van der Waals surface area contributed by atoms with Gasteiger partial charge in [0.15, 0.2) is 0 Å². The third kappa shape index (κ3) is 3.45. The molecule has 100 valence electrons. The number of anilines is 1. The van der Waals surface area contributed by atoms with E-state index >= 15 is 0 Å². The molecule has 0 bridgehead atoms. The Morgan fingerprint density at radius 2 is 1.89 bits per heavy atom. The van der Waals surface area contributed by atoms with Crippen LogP contribution in [0.1, 0.15) is 13.8 Å². The van der Waals surface area contributed by atoms with E-state index < -0.39 is 0 Å². The van der Waals surface area contributed by atoms with E-state index in [1.807, 2.05) is 24.3 Å². The van der Waals surface area contributed by atoms with Crippen LogP contribution in [0.15, 0.2) is 47.5 Å². The lowest BCUT2D eigenvalue weighted by atomic mass is 10.1. The van der Waals surface area contributed by atoms with Gasteiger partial charge >= 0.3 is 0 Å². The molecule has 0 radical (unpaired) electrons. The molecule has 0 fully saturated rings. The topological polar surface area (TPSA) is 62.4 Å². The Morgan fingerprint density at radius 1 is 1.16 bits per heavy atom. The summed E-state index contributed by atoms with van der Waals surface area (Å²) in [5.74, 6) is 6.59. The van der Waals surface area contributed by atoms with Crippen molar-refractivity contribution in [1.82, 2.24) is 5.43 Å².